The molecule has 2 rings (SSSR count). The monoisotopic (exact) mass is 298 g/mol. The van der Waals surface area contributed by atoms with Crippen LogP contribution in [0.15, 0.2) is 18.2 Å². The predicted octanol–water partition coefficient (Wildman–Crippen LogP) is 0.735. The highest BCUT2D eigenvalue weighted by Crippen LogP contribution is 2.18. The van der Waals surface area contributed by atoms with Crippen molar-refractivity contribution in [2.24, 2.45) is 0 Å². The number of nitrogens with one attached hydrogen (secondary N) is 1. The molecule has 2 N–H and O–H groups in total. The number of hydrogen-bond acceptors (Lipinski definition) is 4. The Kier molecular flexibility index (Phi) is 4.64. The van der Waals surface area contributed by atoms with Gasteiger partial charge in [-0.3, -0.25) is 14.5 Å². The van der Waals surface area contributed by atoms with Crippen molar-refractivity contribution in [3.05, 3.63) is 35.4 Å². The van der Waals surface area contributed by atoms with Crippen LogP contribution in [0.2, 0.25) is 0 Å². The number of aliphatic hydroxyl groups excluding tert-OH is 1. The summed E-state index contributed by atoms with van der Waals surface area (Å²) in [5.41, 5.74) is -0.0448. The average molecular weight is 298 g/mol. The van der Waals surface area contributed by atoms with Crippen molar-refractivity contribution >= 4 is 11.8 Å². The van der Waals surface area contributed by atoms with Gasteiger partial charge in [0.25, 0.3) is 0 Å². The second-order valence-electron chi connectivity index (χ2n) is 4.97. The Bertz CT molecular complexity index is 565. The van der Waals surface area contributed by atoms with E-state index in [-0.39, 0.29) is 30.3 Å². The Labute approximate surface area is 120 Å². The molecule has 0 aliphatic carbocycles. The maximum Gasteiger partial charge on any atom is 0.246 e. The van der Waals surface area contributed by atoms with E-state index in [1.807, 2.05) is 0 Å². The molecule has 1 aromatic carbocycles. The van der Waals surface area contributed by atoms with Crippen molar-refractivity contribution in [1.82, 2.24) is 10.2 Å². The fraction of sp³-hybridized carbons (Fsp3) is 0.429. The maximum atomic E-state index is 13.5. The van der Waals surface area contributed by atoms with E-state index in [4.69, 9.17) is 0 Å². The van der Waals surface area contributed by atoms with Crippen molar-refractivity contribution in [3.8, 4) is 0 Å². The standard InChI is InChI=1S/C14H16F2N2O3/c1-18-13(20)5-4-11(14(18)21)17-7-12(19)9-3-2-8(15)6-10(9)16/h2-3,6,11-12,17,19H,4-5,7H2,1H3. The number of hydrogen-bond donors (Lipinski definition) is 2. The zero-order valence-corrected chi connectivity index (χ0v) is 11.5. The Morgan fingerprint density at radius 2 is 2.14 bits per heavy atom. The van der Waals surface area contributed by atoms with Gasteiger partial charge in [-0.05, 0) is 12.5 Å². The lowest BCUT2D eigenvalue weighted by Crippen LogP contribution is -2.52. The molecule has 0 radical (unpaired) electrons. The Morgan fingerprint density at radius 1 is 1.43 bits per heavy atom. The third-order valence-corrected chi connectivity index (χ3v) is 3.53. The number of imide groups is 1. The van der Waals surface area contributed by atoms with Gasteiger partial charge in [0.05, 0.1) is 12.1 Å². The van der Waals surface area contributed by atoms with Crippen LogP contribution in [-0.2, 0) is 9.59 Å². The molecule has 1 fully saturated rings. The fourth-order valence-corrected chi connectivity index (χ4v) is 2.24. The van der Waals surface area contributed by atoms with E-state index in [0.29, 0.717) is 12.5 Å². The summed E-state index contributed by atoms with van der Waals surface area (Å²) in [5, 5.41) is 12.7. The lowest BCUT2D eigenvalue weighted by molar-refractivity contribution is -0.148. The summed E-state index contributed by atoms with van der Waals surface area (Å²) in [4.78, 5) is 24.2. The van der Waals surface area contributed by atoms with Gasteiger partial charge in [-0.15, -0.1) is 0 Å². The minimum Gasteiger partial charge on any atom is -0.387 e. The molecule has 114 valence electrons. The van der Waals surface area contributed by atoms with Crippen LogP contribution in [0, 0.1) is 11.6 Å². The number of carbonyl (C=O) groups is 2. The van der Waals surface area contributed by atoms with Gasteiger partial charge in [-0.25, -0.2) is 8.78 Å². The minimum atomic E-state index is -1.21. The van der Waals surface area contributed by atoms with E-state index < -0.39 is 23.8 Å². The molecule has 1 heterocycles. The van der Waals surface area contributed by atoms with Crippen LogP contribution in [0.4, 0.5) is 8.78 Å². The number of nitrogens with zero attached hydrogens (tertiary/aromatic N) is 1. The molecule has 2 amide bonds. The van der Waals surface area contributed by atoms with Crippen LogP contribution < -0.4 is 5.32 Å². The normalized spacial score (nSPS) is 20.8. The zero-order chi connectivity index (χ0) is 15.6. The second kappa shape index (κ2) is 6.28. The molecule has 1 aliphatic heterocycles. The quantitative estimate of drug-likeness (QED) is 0.804. The molecule has 21 heavy (non-hydrogen) atoms. The third kappa shape index (κ3) is 3.43. The van der Waals surface area contributed by atoms with Crippen LogP contribution in [0.5, 0.6) is 0 Å². The van der Waals surface area contributed by atoms with E-state index >= 15 is 0 Å². The van der Waals surface area contributed by atoms with Gasteiger partial charge in [0.1, 0.15) is 11.6 Å². The van der Waals surface area contributed by atoms with E-state index in [2.05, 4.69) is 5.32 Å². The lowest BCUT2D eigenvalue weighted by Gasteiger charge is -2.29. The molecule has 0 bridgehead atoms. The molecule has 1 aliphatic rings. The van der Waals surface area contributed by atoms with Crippen LogP contribution in [0.3, 0.4) is 0 Å². The van der Waals surface area contributed by atoms with Crippen LogP contribution in [0.25, 0.3) is 0 Å². The number of halogens is 2. The Balaban J connectivity index is 1.96. The molecule has 2 atom stereocenters. The van der Waals surface area contributed by atoms with Gasteiger partial charge in [-0.1, -0.05) is 6.07 Å². The Morgan fingerprint density at radius 3 is 2.81 bits per heavy atom. The summed E-state index contributed by atoms with van der Waals surface area (Å²) >= 11 is 0. The summed E-state index contributed by atoms with van der Waals surface area (Å²) in [5.74, 6) is -2.19. The molecule has 0 spiro atoms. The fourth-order valence-electron chi connectivity index (χ4n) is 2.24. The van der Waals surface area contributed by atoms with Crippen LogP contribution in [-0.4, -0.2) is 41.5 Å². The number of rotatable bonds is 4. The first-order valence-corrected chi connectivity index (χ1v) is 6.57. The second-order valence-corrected chi connectivity index (χ2v) is 4.97. The number of benzene rings is 1. The van der Waals surface area contributed by atoms with Crippen LogP contribution >= 0.6 is 0 Å². The molecule has 7 heteroatoms. The van der Waals surface area contributed by atoms with Crippen molar-refractivity contribution < 1.29 is 23.5 Å². The lowest BCUT2D eigenvalue weighted by atomic mass is 10.0. The van der Waals surface area contributed by atoms with E-state index in [9.17, 15) is 23.5 Å². The highest BCUT2D eigenvalue weighted by Gasteiger charge is 2.31. The summed E-state index contributed by atoms with van der Waals surface area (Å²) < 4.78 is 26.3. The maximum absolute atomic E-state index is 13.5. The number of likely N-dealkylation sites (tertiary alicyclic amines) is 1. The number of aliphatic hydroxyl groups is 1. The minimum absolute atomic E-state index is 0.0448. The third-order valence-electron chi connectivity index (χ3n) is 3.53. The van der Waals surface area contributed by atoms with Crippen molar-refractivity contribution in [1.29, 1.82) is 0 Å². The smallest absolute Gasteiger partial charge is 0.246 e. The molecule has 0 aromatic heterocycles. The zero-order valence-electron chi connectivity index (χ0n) is 11.5. The first kappa shape index (κ1) is 15.5. The van der Waals surface area contributed by atoms with E-state index in [1.54, 1.807) is 0 Å². The van der Waals surface area contributed by atoms with Gasteiger partial charge < -0.3 is 10.4 Å². The van der Waals surface area contributed by atoms with E-state index in [1.165, 1.54) is 7.05 Å². The summed E-state index contributed by atoms with van der Waals surface area (Å²) in [6, 6.07) is 2.32. The SMILES string of the molecule is CN1C(=O)CCC(NCC(O)c2ccc(F)cc2F)C1=O. The summed E-state index contributed by atoms with van der Waals surface area (Å²) in [6.07, 6.45) is -0.636. The summed E-state index contributed by atoms with van der Waals surface area (Å²) in [6.45, 7) is -0.0685. The van der Waals surface area contributed by atoms with Gasteiger partial charge in [0, 0.05) is 31.6 Å². The van der Waals surface area contributed by atoms with Crippen molar-refractivity contribution in [2.75, 3.05) is 13.6 Å². The molecular formula is C14H16F2N2O3. The molecular weight excluding hydrogens is 282 g/mol. The largest absolute Gasteiger partial charge is 0.387 e. The molecule has 0 saturated carbocycles. The number of carbonyl (C=O) groups excluding carboxylic acids is 2. The average Bonchev–Trinajstić information content (AvgIpc) is 2.44. The Hall–Kier alpha value is -1.86. The van der Waals surface area contributed by atoms with Crippen LogP contribution in [0.1, 0.15) is 24.5 Å². The van der Waals surface area contributed by atoms with Gasteiger partial charge in [-0.2, -0.15) is 0 Å². The number of piperidine rings is 1. The number of amides is 2. The first-order chi connectivity index (χ1) is 9.90. The highest BCUT2D eigenvalue weighted by atomic mass is 19.1. The van der Waals surface area contributed by atoms with Gasteiger partial charge >= 0.3 is 0 Å². The molecule has 1 aromatic rings. The molecule has 1 saturated heterocycles. The van der Waals surface area contributed by atoms with Gasteiger partial charge in [0.2, 0.25) is 11.8 Å². The van der Waals surface area contributed by atoms with Gasteiger partial charge in [0.15, 0.2) is 0 Å². The molecule has 5 nitrogen and oxygen atoms in total. The highest BCUT2D eigenvalue weighted by molar-refractivity contribution is 6.00. The summed E-state index contributed by atoms with van der Waals surface area (Å²) in [7, 11) is 1.40. The number of likely N-dealkylation sites (N-methyl/N-ethyl adjacent to an activating group) is 1. The van der Waals surface area contributed by atoms with Crippen molar-refractivity contribution in [2.45, 2.75) is 25.0 Å². The predicted molar refractivity (Wildman–Crippen MR) is 70.1 cm³/mol. The first-order valence-electron chi connectivity index (χ1n) is 6.57. The van der Waals surface area contributed by atoms with Crippen molar-refractivity contribution in [3.63, 3.8) is 0 Å². The molecule has 2 unspecified atom stereocenters. The van der Waals surface area contributed by atoms with E-state index in [0.717, 1.165) is 17.0 Å². The topological polar surface area (TPSA) is 69.6 Å².